The van der Waals surface area contributed by atoms with Crippen molar-refractivity contribution in [1.82, 2.24) is 20.2 Å². The summed E-state index contributed by atoms with van der Waals surface area (Å²) in [6, 6.07) is 27.2. The molecule has 0 aliphatic heterocycles. The lowest BCUT2D eigenvalue weighted by atomic mass is 9.97. The van der Waals surface area contributed by atoms with Gasteiger partial charge in [-0.25, -0.2) is 9.97 Å². The number of aromatic amines is 1. The maximum atomic E-state index is 6.12. The monoisotopic (exact) mass is 444 g/mol. The van der Waals surface area contributed by atoms with Crippen LogP contribution in [0.4, 0.5) is 0 Å². The number of hydrogen-bond acceptors (Lipinski definition) is 4. The zero-order chi connectivity index (χ0) is 22.9. The Balaban J connectivity index is 1.18. The van der Waals surface area contributed by atoms with E-state index in [1.807, 2.05) is 24.3 Å². The van der Waals surface area contributed by atoms with Gasteiger partial charge in [-0.2, -0.15) is 5.10 Å². The Morgan fingerprint density at radius 2 is 1.88 bits per heavy atom. The maximum absolute atomic E-state index is 6.12. The van der Waals surface area contributed by atoms with Gasteiger partial charge in [0.2, 0.25) is 0 Å². The van der Waals surface area contributed by atoms with Crippen molar-refractivity contribution in [3.05, 3.63) is 114 Å². The molecule has 6 rings (SSSR count). The van der Waals surface area contributed by atoms with Gasteiger partial charge in [-0.3, -0.25) is 5.10 Å². The Bertz CT molecular complexity index is 1500. The highest BCUT2D eigenvalue weighted by Gasteiger charge is 2.21. The number of allylic oxidation sites excluding steroid dienone is 2. The van der Waals surface area contributed by atoms with Gasteiger partial charge in [-0.1, -0.05) is 61.5 Å². The topological polar surface area (TPSA) is 63.7 Å². The van der Waals surface area contributed by atoms with Crippen molar-refractivity contribution < 1.29 is 4.74 Å². The molecule has 3 aromatic carbocycles. The number of pyridine rings is 1. The molecule has 0 fully saturated rings. The fourth-order valence-electron chi connectivity index (χ4n) is 4.67. The molecule has 1 unspecified atom stereocenters. The standard InChI is InChI=1S/C29H24N4O/c1-19-13-23(15-20-5-4-7-22(14-20)29-30-18-31-33-29)26-12-11-25(16-27(19)26)34-17-24-10-9-21-6-2-3-8-28(21)32-24/h2-14,16,18-19H,15,17H2,1H3,(H,30,31,33). The Morgan fingerprint density at radius 3 is 2.79 bits per heavy atom. The molecule has 5 nitrogen and oxygen atoms in total. The second-order valence-corrected chi connectivity index (χ2v) is 8.72. The van der Waals surface area contributed by atoms with Crippen molar-refractivity contribution in [3.8, 4) is 17.1 Å². The lowest BCUT2D eigenvalue weighted by Gasteiger charge is -2.12. The van der Waals surface area contributed by atoms with Gasteiger partial charge in [0.15, 0.2) is 5.82 Å². The van der Waals surface area contributed by atoms with Crippen LogP contribution in [0.2, 0.25) is 0 Å². The molecule has 1 aliphatic carbocycles. The summed E-state index contributed by atoms with van der Waals surface area (Å²) in [7, 11) is 0. The Kier molecular flexibility index (Phi) is 5.15. The summed E-state index contributed by atoms with van der Waals surface area (Å²) in [6.45, 7) is 2.69. The molecule has 5 aromatic rings. The molecule has 0 saturated carbocycles. The van der Waals surface area contributed by atoms with E-state index in [9.17, 15) is 0 Å². The van der Waals surface area contributed by atoms with Gasteiger partial charge >= 0.3 is 0 Å². The number of benzene rings is 3. The molecule has 1 aliphatic rings. The fraction of sp³-hybridized carbons (Fsp3) is 0.138. The van der Waals surface area contributed by atoms with Gasteiger partial charge in [0.25, 0.3) is 0 Å². The molecular weight excluding hydrogens is 420 g/mol. The molecule has 0 bridgehead atoms. The predicted molar refractivity (Wildman–Crippen MR) is 134 cm³/mol. The molecule has 1 atom stereocenters. The second-order valence-electron chi connectivity index (χ2n) is 8.72. The quantitative estimate of drug-likeness (QED) is 0.332. The predicted octanol–water partition coefficient (Wildman–Crippen LogP) is 6.34. The van der Waals surface area contributed by atoms with E-state index in [1.54, 1.807) is 0 Å². The highest BCUT2D eigenvalue weighted by atomic mass is 16.5. The summed E-state index contributed by atoms with van der Waals surface area (Å²) in [4.78, 5) is 8.99. The summed E-state index contributed by atoms with van der Waals surface area (Å²) in [5, 5.41) is 8.05. The van der Waals surface area contributed by atoms with Crippen LogP contribution in [0.15, 0.2) is 91.3 Å². The lowest BCUT2D eigenvalue weighted by molar-refractivity contribution is 0.301. The smallest absolute Gasteiger partial charge is 0.155 e. The molecule has 0 amide bonds. The third kappa shape index (κ3) is 3.97. The van der Waals surface area contributed by atoms with E-state index >= 15 is 0 Å². The van der Waals surface area contributed by atoms with Crippen LogP contribution in [-0.2, 0) is 13.0 Å². The Hall–Kier alpha value is -4.25. The van der Waals surface area contributed by atoms with Gasteiger partial charge in [-0.15, -0.1) is 0 Å². The molecular formula is C29H24N4O. The minimum absolute atomic E-state index is 0.352. The van der Waals surface area contributed by atoms with Gasteiger partial charge in [0.1, 0.15) is 18.7 Å². The third-order valence-electron chi connectivity index (χ3n) is 6.36. The minimum atomic E-state index is 0.352. The first-order valence-electron chi connectivity index (χ1n) is 11.5. The lowest BCUT2D eigenvalue weighted by Crippen LogP contribution is -2.00. The zero-order valence-corrected chi connectivity index (χ0v) is 18.9. The van der Waals surface area contributed by atoms with Crippen molar-refractivity contribution in [1.29, 1.82) is 0 Å². The van der Waals surface area contributed by atoms with E-state index in [2.05, 4.69) is 82.8 Å². The molecule has 0 radical (unpaired) electrons. The van der Waals surface area contributed by atoms with Gasteiger partial charge < -0.3 is 4.74 Å². The SMILES string of the molecule is CC1C=C(Cc2cccc(-c3ncn[nH]3)c2)c2ccc(OCc3ccc4ccccc4n3)cc21. The number of nitrogens with one attached hydrogen (secondary N) is 1. The van der Waals surface area contributed by atoms with E-state index in [0.29, 0.717) is 12.5 Å². The van der Waals surface area contributed by atoms with Gasteiger partial charge in [0, 0.05) is 16.9 Å². The molecule has 0 saturated heterocycles. The number of fused-ring (bicyclic) bond motifs is 2. The summed E-state index contributed by atoms with van der Waals surface area (Å²) >= 11 is 0. The number of hydrogen-bond donors (Lipinski definition) is 1. The number of aromatic nitrogens is 4. The van der Waals surface area contributed by atoms with Crippen LogP contribution in [0.25, 0.3) is 27.9 Å². The summed E-state index contributed by atoms with van der Waals surface area (Å²) in [6.07, 6.45) is 4.77. The molecule has 2 heterocycles. The van der Waals surface area contributed by atoms with Gasteiger partial charge in [0.05, 0.1) is 11.2 Å². The Morgan fingerprint density at radius 1 is 0.941 bits per heavy atom. The van der Waals surface area contributed by atoms with E-state index in [0.717, 1.165) is 40.2 Å². The van der Waals surface area contributed by atoms with Crippen LogP contribution >= 0.6 is 0 Å². The summed E-state index contributed by atoms with van der Waals surface area (Å²) in [5.74, 6) is 2.02. The van der Waals surface area contributed by atoms with Crippen LogP contribution in [0.1, 0.15) is 35.2 Å². The molecule has 2 aromatic heterocycles. The summed E-state index contributed by atoms with van der Waals surface area (Å²) < 4.78 is 6.12. The largest absolute Gasteiger partial charge is 0.487 e. The second kappa shape index (κ2) is 8.60. The van der Waals surface area contributed by atoms with Crippen molar-refractivity contribution in [3.63, 3.8) is 0 Å². The molecule has 34 heavy (non-hydrogen) atoms. The average molecular weight is 445 g/mol. The van der Waals surface area contributed by atoms with E-state index < -0.39 is 0 Å². The highest BCUT2D eigenvalue weighted by molar-refractivity contribution is 5.78. The number of rotatable bonds is 6. The number of para-hydroxylation sites is 1. The Labute approximate surface area is 198 Å². The molecule has 166 valence electrons. The van der Waals surface area contributed by atoms with Gasteiger partial charge in [-0.05, 0) is 59.0 Å². The van der Waals surface area contributed by atoms with Crippen molar-refractivity contribution in [2.75, 3.05) is 0 Å². The fourth-order valence-corrected chi connectivity index (χ4v) is 4.67. The first-order valence-corrected chi connectivity index (χ1v) is 11.5. The first kappa shape index (κ1) is 20.4. The zero-order valence-electron chi connectivity index (χ0n) is 18.9. The first-order chi connectivity index (χ1) is 16.7. The van der Waals surface area contributed by atoms with Crippen molar-refractivity contribution in [2.24, 2.45) is 0 Å². The molecule has 0 spiro atoms. The number of nitrogens with zero attached hydrogens (tertiary/aromatic N) is 3. The maximum Gasteiger partial charge on any atom is 0.155 e. The van der Waals surface area contributed by atoms with E-state index in [4.69, 9.17) is 9.72 Å². The molecule has 1 N–H and O–H groups in total. The third-order valence-corrected chi connectivity index (χ3v) is 6.36. The van der Waals surface area contributed by atoms with E-state index in [1.165, 1.54) is 28.6 Å². The normalized spacial score (nSPS) is 14.7. The number of ether oxygens (including phenoxy) is 1. The van der Waals surface area contributed by atoms with Crippen LogP contribution in [-0.4, -0.2) is 20.2 Å². The van der Waals surface area contributed by atoms with E-state index in [-0.39, 0.29) is 0 Å². The minimum Gasteiger partial charge on any atom is -0.487 e. The van der Waals surface area contributed by atoms with Crippen LogP contribution < -0.4 is 4.74 Å². The van der Waals surface area contributed by atoms with Crippen LogP contribution in [0, 0.1) is 0 Å². The van der Waals surface area contributed by atoms with Crippen LogP contribution in [0.5, 0.6) is 5.75 Å². The van der Waals surface area contributed by atoms with Crippen molar-refractivity contribution >= 4 is 16.5 Å². The van der Waals surface area contributed by atoms with Crippen molar-refractivity contribution in [2.45, 2.75) is 25.9 Å². The molecule has 5 heteroatoms. The van der Waals surface area contributed by atoms with Crippen LogP contribution in [0.3, 0.4) is 0 Å². The highest BCUT2D eigenvalue weighted by Crippen LogP contribution is 2.39. The summed E-state index contributed by atoms with van der Waals surface area (Å²) in [5.41, 5.74) is 8.18. The average Bonchev–Trinajstić information content (AvgIpc) is 3.52. The number of H-pyrrole nitrogens is 1.